The maximum absolute atomic E-state index is 12.5. The molecule has 4 rings (SSSR count). The lowest BCUT2D eigenvalue weighted by Gasteiger charge is -2.34. The summed E-state index contributed by atoms with van der Waals surface area (Å²) < 4.78 is 5.54. The van der Waals surface area contributed by atoms with Crippen molar-refractivity contribution in [2.75, 3.05) is 50.8 Å². The van der Waals surface area contributed by atoms with Crippen molar-refractivity contribution in [2.45, 2.75) is 20.3 Å². The molecule has 0 spiro atoms. The highest BCUT2D eigenvalue weighted by Gasteiger charge is 2.21. The molecule has 0 saturated carbocycles. The Morgan fingerprint density at radius 1 is 1.12 bits per heavy atom. The maximum Gasteiger partial charge on any atom is 0.234 e. The third-order valence-corrected chi connectivity index (χ3v) is 5.57. The van der Waals surface area contributed by atoms with Crippen LogP contribution in [0.15, 0.2) is 42.6 Å². The number of fused-ring (bicyclic) bond motifs is 1. The van der Waals surface area contributed by atoms with E-state index in [-0.39, 0.29) is 5.91 Å². The second kappa shape index (κ2) is 10.4. The van der Waals surface area contributed by atoms with E-state index >= 15 is 0 Å². The predicted molar refractivity (Wildman–Crippen MR) is 125 cm³/mol. The van der Waals surface area contributed by atoms with Gasteiger partial charge in [-0.3, -0.25) is 14.7 Å². The Kier molecular flexibility index (Phi) is 7.11. The molecule has 1 N–H and O–H groups in total. The molecule has 8 nitrogen and oxygen atoms in total. The number of hydrogen-bond donors (Lipinski definition) is 1. The third kappa shape index (κ3) is 5.50. The maximum atomic E-state index is 12.5. The van der Waals surface area contributed by atoms with E-state index in [9.17, 15) is 4.79 Å². The number of anilines is 1. The third-order valence-electron chi connectivity index (χ3n) is 5.57. The fourth-order valence-electron chi connectivity index (χ4n) is 3.96. The Hall–Kier alpha value is -3.26. The summed E-state index contributed by atoms with van der Waals surface area (Å²) in [5.74, 6) is 1.36. The van der Waals surface area contributed by atoms with Gasteiger partial charge in [-0.25, -0.2) is 4.98 Å². The van der Waals surface area contributed by atoms with Gasteiger partial charge in [-0.2, -0.15) is 4.98 Å². The van der Waals surface area contributed by atoms with Crippen molar-refractivity contribution in [1.82, 2.24) is 25.2 Å². The van der Waals surface area contributed by atoms with Gasteiger partial charge in [0, 0.05) is 56.1 Å². The number of pyridine rings is 1. The van der Waals surface area contributed by atoms with Crippen LogP contribution >= 0.6 is 0 Å². The molecule has 0 bridgehead atoms. The van der Waals surface area contributed by atoms with Crippen molar-refractivity contribution in [3.05, 3.63) is 53.9 Å². The summed E-state index contributed by atoms with van der Waals surface area (Å²) in [6.07, 6.45) is 2.57. The first-order valence-electron chi connectivity index (χ1n) is 11.2. The standard InChI is InChI=1S/C24H30N6O2/c1-3-32-22-16-18(2)27-24(28-22)30-14-12-29(13-15-30)17-21(31)25-11-9-20-7-4-6-19-8-5-10-26-23(19)20/h4-8,10,16H,3,9,11-15,17H2,1-2H3,(H,25,31). The van der Waals surface area contributed by atoms with Gasteiger partial charge in [-0.05, 0) is 31.9 Å². The highest BCUT2D eigenvalue weighted by atomic mass is 16.5. The summed E-state index contributed by atoms with van der Waals surface area (Å²) in [5.41, 5.74) is 3.05. The highest BCUT2D eigenvalue weighted by Crippen LogP contribution is 2.18. The Morgan fingerprint density at radius 2 is 1.94 bits per heavy atom. The molecule has 1 amide bonds. The van der Waals surface area contributed by atoms with Crippen LogP contribution in [-0.4, -0.2) is 71.6 Å². The molecule has 1 aromatic carbocycles. The molecule has 0 aliphatic carbocycles. The second-order valence-electron chi connectivity index (χ2n) is 7.94. The minimum Gasteiger partial charge on any atom is -0.478 e. The number of piperazine rings is 1. The van der Waals surface area contributed by atoms with Crippen LogP contribution < -0.4 is 15.0 Å². The number of aryl methyl sites for hydroxylation is 1. The number of rotatable bonds is 8. The fourth-order valence-corrected chi connectivity index (χ4v) is 3.96. The van der Waals surface area contributed by atoms with Gasteiger partial charge in [0.15, 0.2) is 0 Å². The van der Waals surface area contributed by atoms with Gasteiger partial charge >= 0.3 is 0 Å². The molecule has 1 aliphatic heterocycles. The van der Waals surface area contributed by atoms with Gasteiger partial charge in [0.2, 0.25) is 17.7 Å². The largest absolute Gasteiger partial charge is 0.478 e. The normalized spacial score (nSPS) is 14.5. The number of hydrogen-bond acceptors (Lipinski definition) is 7. The molecule has 168 valence electrons. The van der Waals surface area contributed by atoms with E-state index in [2.05, 4.69) is 48.3 Å². The van der Waals surface area contributed by atoms with Crippen LogP contribution in [0.2, 0.25) is 0 Å². The minimum atomic E-state index is 0.0529. The topological polar surface area (TPSA) is 83.5 Å². The zero-order valence-electron chi connectivity index (χ0n) is 18.8. The van der Waals surface area contributed by atoms with Crippen molar-refractivity contribution in [3.8, 4) is 5.88 Å². The molecule has 1 fully saturated rings. The summed E-state index contributed by atoms with van der Waals surface area (Å²) in [7, 11) is 0. The molecule has 0 radical (unpaired) electrons. The molecular weight excluding hydrogens is 404 g/mol. The molecule has 32 heavy (non-hydrogen) atoms. The van der Waals surface area contributed by atoms with Crippen molar-refractivity contribution < 1.29 is 9.53 Å². The summed E-state index contributed by atoms with van der Waals surface area (Å²) in [4.78, 5) is 30.3. The summed E-state index contributed by atoms with van der Waals surface area (Å²) in [5, 5.41) is 4.18. The van der Waals surface area contributed by atoms with Crippen LogP contribution in [0.1, 0.15) is 18.2 Å². The summed E-state index contributed by atoms with van der Waals surface area (Å²) in [6, 6.07) is 12.0. The van der Waals surface area contributed by atoms with Crippen LogP contribution in [-0.2, 0) is 11.2 Å². The Labute approximate surface area is 188 Å². The predicted octanol–water partition coefficient (Wildman–Crippen LogP) is 2.21. The number of ether oxygens (including phenoxy) is 1. The number of carbonyl (C=O) groups excluding carboxylic acids is 1. The van der Waals surface area contributed by atoms with Crippen LogP contribution in [0.5, 0.6) is 5.88 Å². The van der Waals surface area contributed by atoms with Gasteiger partial charge in [-0.1, -0.05) is 24.3 Å². The van der Waals surface area contributed by atoms with Gasteiger partial charge in [0.25, 0.3) is 0 Å². The number of nitrogens with one attached hydrogen (secondary N) is 1. The molecule has 8 heteroatoms. The molecule has 3 aromatic rings. The molecule has 0 unspecified atom stereocenters. The fraction of sp³-hybridized carbons (Fsp3) is 0.417. The van der Waals surface area contributed by atoms with Crippen LogP contribution in [0, 0.1) is 6.92 Å². The van der Waals surface area contributed by atoms with E-state index in [0.717, 1.165) is 54.8 Å². The lowest BCUT2D eigenvalue weighted by Crippen LogP contribution is -2.50. The monoisotopic (exact) mass is 434 g/mol. The van der Waals surface area contributed by atoms with Gasteiger partial charge in [-0.15, -0.1) is 0 Å². The van der Waals surface area contributed by atoms with Crippen LogP contribution in [0.4, 0.5) is 5.95 Å². The Morgan fingerprint density at radius 3 is 2.75 bits per heavy atom. The number of para-hydroxylation sites is 1. The number of aromatic nitrogens is 3. The first-order valence-corrected chi connectivity index (χ1v) is 11.2. The average molecular weight is 435 g/mol. The van der Waals surface area contributed by atoms with Gasteiger partial charge in [0.1, 0.15) is 0 Å². The number of amides is 1. The van der Waals surface area contributed by atoms with E-state index in [1.165, 1.54) is 0 Å². The molecule has 1 aliphatic rings. The van der Waals surface area contributed by atoms with E-state index in [1.807, 2.05) is 38.2 Å². The van der Waals surface area contributed by atoms with Gasteiger partial charge in [0.05, 0.1) is 18.7 Å². The zero-order chi connectivity index (χ0) is 22.3. The van der Waals surface area contributed by atoms with Crippen molar-refractivity contribution in [3.63, 3.8) is 0 Å². The Bertz CT molecular complexity index is 1060. The smallest absolute Gasteiger partial charge is 0.234 e. The van der Waals surface area contributed by atoms with E-state index < -0.39 is 0 Å². The molecule has 1 saturated heterocycles. The number of nitrogens with zero attached hydrogens (tertiary/aromatic N) is 5. The lowest BCUT2D eigenvalue weighted by atomic mass is 10.1. The minimum absolute atomic E-state index is 0.0529. The molecular formula is C24H30N6O2. The quantitative estimate of drug-likeness (QED) is 0.582. The number of carbonyl (C=O) groups is 1. The Balaban J connectivity index is 1.23. The van der Waals surface area contributed by atoms with E-state index in [1.54, 1.807) is 0 Å². The lowest BCUT2D eigenvalue weighted by molar-refractivity contribution is -0.122. The average Bonchev–Trinajstić information content (AvgIpc) is 2.79. The first-order chi connectivity index (χ1) is 15.6. The summed E-state index contributed by atoms with van der Waals surface area (Å²) >= 11 is 0. The van der Waals surface area contributed by atoms with Crippen LogP contribution in [0.25, 0.3) is 10.9 Å². The highest BCUT2D eigenvalue weighted by molar-refractivity contribution is 5.82. The van der Waals surface area contributed by atoms with Crippen molar-refractivity contribution in [1.29, 1.82) is 0 Å². The van der Waals surface area contributed by atoms with Crippen molar-refractivity contribution in [2.24, 2.45) is 0 Å². The second-order valence-corrected chi connectivity index (χ2v) is 7.94. The van der Waals surface area contributed by atoms with Crippen LogP contribution in [0.3, 0.4) is 0 Å². The first kappa shape index (κ1) is 22.0. The zero-order valence-corrected chi connectivity index (χ0v) is 18.8. The van der Waals surface area contributed by atoms with E-state index in [4.69, 9.17) is 4.74 Å². The SMILES string of the molecule is CCOc1cc(C)nc(N2CCN(CC(=O)NCCc3cccc4cccnc34)CC2)n1. The molecule has 2 aromatic heterocycles. The summed E-state index contributed by atoms with van der Waals surface area (Å²) in [6.45, 7) is 8.63. The molecule has 3 heterocycles. The van der Waals surface area contributed by atoms with Gasteiger partial charge < -0.3 is 15.0 Å². The molecule has 0 atom stereocenters. The number of benzene rings is 1. The van der Waals surface area contributed by atoms with Crippen molar-refractivity contribution >= 4 is 22.8 Å². The van der Waals surface area contributed by atoms with E-state index in [0.29, 0.717) is 31.5 Å².